The number of aryl methyl sites for hydroxylation is 1. The van der Waals surface area contributed by atoms with Gasteiger partial charge in [0.05, 0.1) is 11.9 Å². The van der Waals surface area contributed by atoms with E-state index in [4.69, 9.17) is 10.5 Å². The molecule has 1 aromatic carbocycles. The van der Waals surface area contributed by atoms with Gasteiger partial charge < -0.3 is 20.1 Å². The minimum atomic E-state index is -1.27. The number of aromatic carboxylic acids is 1. The van der Waals surface area contributed by atoms with Crippen molar-refractivity contribution in [1.82, 2.24) is 4.57 Å². The van der Waals surface area contributed by atoms with E-state index in [0.29, 0.717) is 5.52 Å². The van der Waals surface area contributed by atoms with Gasteiger partial charge in [-0.25, -0.2) is 4.79 Å². The number of halogens is 1. The highest BCUT2D eigenvalue weighted by Gasteiger charge is 2.33. The zero-order chi connectivity index (χ0) is 19.2. The van der Waals surface area contributed by atoms with E-state index in [9.17, 15) is 14.7 Å². The number of benzene rings is 1. The number of hydrogen-bond donors (Lipinski definition) is 2. The maximum Gasteiger partial charge on any atom is 0.352 e. The van der Waals surface area contributed by atoms with Crippen LogP contribution in [-0.2, 0) is 15.2 Å². The Labute approximate surface area is 155 Å². The molecule has 3 N–H and O–H groups in total. The number of carboxylic acid groups (broad SMARTS) is 1. The summed E-state index contributed by atoms with van der Waals surface area (Å²) in [5.41, 5.74) is 6.10. The molecule has 0 saturated carbocycles. The van der Waals surface area contributed by atoms with E-state index >= 15 is 0 Å². The number of rotatable bonds is 4. The van der Waals surface area contributed by atoms with Gasteiger partial charge in [0, 0.05) is 9.86 Å². The molecule has 6 nitrogen and oxygen atoms in total. The standard InChI is InChI=1S/C18H23BrN2O4/c1-10-6-7-11-8-12(16(23)24)21(15(11)14(10)19)18(5,20)9-13(22)25-17(2,3)4/h6-8H,9,20H2,1-5H3,(H,23,24). The fraction of sp³-hybridized carbons (Fsp3) is 0.444. The summed E-state index contributed by atoms with van der Waals surface area (Å²) in [4.78, 5) is 24.0. The summed E-state index contributed by atoms with van der Waals surface area (Å²) >= 11 is 3.52. The van der Waals surface area contributed by atoms with Gasteiger partial charge in [0.1, 0.15) is 17.0 Å². The summed E-state index contributed by atoms with van der Waals surface area (Å²) in [6.45, 7) is 8.84. The number of aromatic nitrogens is 1. The van der Waals surface area contributed by atoms with Crippen LogP contribution >= 0.6 is 15.9 Å². The van der Waals surface area contributed by atoms with Gasteiger partial charge in [0.15, 0.2) is 0 Å². The van der Waals surface area contributed by atoms with E-state index in [-0.39, 0.29) is 12.1 Å². The minimum Gasteiger partial charge on any atom is -0.477 e. The first-order valence-corrected chi connectivity index (χ1v) is 8.68. The Morgan fingerprint density at radius 1 is 1.28 bits per heavy atom. The quantitative estimate of drug-likeness (QED) is 0.747. The van der Waals surface area contributed by atoms with E-state index in [1.807, 2.05) is 19.1 Å². The van der Waals surface area contributed by atoms with Crippen LogP contribution in [0.5, 0.6) is 0 Å². The van der Waals surface area contributed by atoms with Crippen molar-refractivity contribution < 1.29 is 19.4 Å². The lowest BCUT2D eigenvalue weighted by Crippen LogP contribution is -2.44. The third-order valence-corrected chi connectivity index (χ3v) is 4.75. The second-order valence-electron chi connectivity index (χ2n) is 7.42. The highest BCUT2D eigenvalue weighted by atomic mass is 79.9. The van der Waals surface area contributed by atoms with E-state index in [2.05, 4.69) is 15.9 Å². The normalized spacial score (nSPS) is 14.4. The number of carbonyl (C=O) groups excluding carboxylic acids is 1. The van der Waals surface area contributed by atoms with Crippen molar-refractivity contribution >= 4 is 38.8 Å². The van der Waals surface area contributed by atoms with Crippen LogP contribution in [0.4, 0.5) is 0 Å². The molecule has 0 spiro atoms. The van der Waals surface area contributed by atoms with E-state index in [0.717, 1.165) is 15.4 Å². The molecule has 0 saturated heterocycles. The largest absolute Gasteiger partial charge is 0.477 e. The summed E-state index contributed by atoms with van der Waals surface area (Å²) in [6, 6.07) is 5.29. The molecule has 0 aliphatic carbocycles. The van der Waals surface area contributed by atoms with Crippen LogP contribution in [0.15, 0.2) is 22.7 Å². The summed E-state index contributed by atoms with van der Waals surface area (Å²) in [6.07, 6.45) is -0.158. The fourth-order valence-electron chi connectivity index (χ4n) is 2.79. The zero-order valence-electron chi connectivity index (χ0n) is 15.0. The number of hydrogen-bond acceptors (Lipinski definition) is 4. The third-order valence-electron chi connectivity index (χ3n) is 3.75. The number of nitrogens with zero attached hydrogens (tertiary/aromatic N) is 1. The van der Waals surface area contributed by atoms with Crippen LogP contribution < -0.4 is 5.73 Å². The lowest BCUT2D eigenvalue weighted by atomic mass is 10.1. The molecule has 1 atom stereocenters. The molecule has 1 heterocycles. The predicted octanol–water partition coefficient (Wildman–Crippen LogP) is 3.77. The van der Waals surface area contributed by atoms with Crippen molar-refractivity contribution in [2.24, 2.45) is 5.73 Å². The lowest BCUT2D eigenvalue weighted by molar-refractivity contribution is -0.157. The van der Waals surface area contributed by atoms with Crippen molar-refractivity contribution in [3.8, 4) is 0 Å². The van der Waals surface area contributed by atoms with Crippen molar-refractivity contribution in [1.29, 1.82) is 0 Å². The average molecular weight is 411 g/mol. The van der Waals surface area contributed by atoms with Crippen molar-refractivity contribution in [3.05, 3.63) is 33.9 Å². The number of fused-ring (bicyclic) bond motifs is 1. The second-order valence-corrected chi connectivity index (χ2v) is 8.22. The van der Waals surface area contributed by atoms with Gasteiger partial charge in [-0.1, -0.05) is 12.1 Å². The Morgan fingerprint density at radius 2 is 1.88 bits per heavy atom. The van der Waals surface area contributed by atoms with E-state index in [1.54, 1.807) is 33.8 Å². The number of nitrogens with two attached hydrogens (primary N) is 1. The Morgan fingerprint density at radius 3 is 2.40 bits per heavy atom. The van der Waals surface area contributed by atoms with Crippen LogP contribution in [0.3, 0.4) is 0 Å². The van der Waals surface area contributed by atoms with Crippen LogP contribution in [-0.4, -0.2) is 27.2 Å². The van der Waals surface area contributed by atoms with Crippen LogP contribution in [0.1, 0.15) is 50.2 Å². The van der Waals surface area contributed by atoms with E-state index < -0.39 is 23.2 Å². The Balaban J connectivity index is 2.61. The predicted molar refractivity (Wildman–Crippen MR) is 99.6 cm³/mol. The molecule has 0 bridgehead atoms. The van der Waals surface area contributed by atoms with Gasteiger partial charge in [-0.3, -0.25) is 4.79 Å². The van der Waals surface area contributed by atoms with Crippen molar-refractivity contribution in [3.63, 3.8) is 0 Å². The van der Waals surface area contributed by atoms with Crippen LogP contribution in [0.25, 0.3) is 10.9 Å². The van der Waals surface area contributed by atoms with Crippen molar-refractivity contribution in [2.75, 3.05) is 0 Å². The zero-order valence-corrected chi connectivity index (χ0v) is 16.6. The molecule has 25 heavy (non-hydrogen) atoms. The smallest absolute Gasteiger partial charge is 0.352 e. The van der Waals surface area contributed by atoms with Gasteiger partial charge in [-0.2, -0.15) is 0 Å². The summed E-state index contributed by atoms with van der Waals surface area (Å²) in [7, 11) is 0. The number of carbonyl (C=O) groups is 2. The van der Waals surface area contributed by atoms with Gasteiger partial charge in [-0.05, 0) is 62.2 Å². The first kappa shape index (κ1) is 19.5. The molecule has 7 heteroatoms. The summed E-state index contributed by atoms with van der Waals surface area (Å²) in [5.74, 6) is -1.60. The highest BCUT2D eigenvalue weighted by molar-refractivity contribution is 9.10. The first-order valence-electron chi connectivity index (χ1n) is 7.88. The van der Waals surface area contributed by atoms with Crippen LogP contribution in [0.2, 0.25) is 0 Å². The van der Waals surface area contributed by atoms with Gasteiger partial charge in [-0.15, -0.1) is 0 Å². The van der Waals surface area contributed by atoms with Gasteiger partial charge in [0.25, 0.3) is 0 Å². The van der Waals surface area contributed by atoms with E-state index in [1.165, 1.54) is 4.57 Å². The molecule has 2 aromatic rings. The molecule has 0 fully saturated rings. The molecule has 1 unspecified atom stereocenters. The van der Waals surface area contributed by atoms with Gasteiger partial charge >= 0.3 is 11.9 Å². The molecular formula is C18H23BrN2O4. The van der Waals surface area contributed by atoms with Gasteiger partial charge in [0.2, 0.25) is 0 Å². The molecule has 2 rings (SSSR count). The third kappa shape index (κ3) is 4.04. The first-order chi connectivity index (χ1) is 11.3. The fourth-order valence-corrected chi connectivity index (χ4v) is 3.33. The molecule has 1 aromatic heterocycles. The number of ether oxygens (including phenoxy) is 1. The monoisotopic (exact) mass is 410 g/mol. The average Bonchev–Trinajstić information content (AvgIpc) is 2.81. The SMILES string of the molecule is Cc1ccc2cc(C(=O)O)n(C(C)(N)CC(=O)OC(C)(C)C)c2c1Br. The minimum absolute atomic E-state index is 0.0230. The molecular weight excluding hydrogens is 388 g/mol. The Hall–Kier alpha value is -1.86. The topological polar surface area (TPSA) is 94.5 Å². The molecule has 0 aliphatic heterocycles. The summed E-state index contributed by atoms with van der Waals surface area (Å²) in [5, 5.41) is 10.3. The second kappa shape index (κ2) is 6.46. The molecule has 0 aliphatic rings. The number of esters is 1. The molecule has 136 valence electrons. The molecule has 0 radical (unpaired) electrons. The molecule has 0 amide bonds. The maximum atomic E-state index is 12.3. The summed E-state index contributed by atoms with van der Waals surface area (Å²) < 4.78 is 7.59. The highest BCUT2D eigenvalue weighted by Crippen LogP contribution is 2.34. The lowest BCUT2D eigenvalue weighted by Gasteiger charge is -2.30. The van der Waals surface area contributed by atoms with Crippen LogP contribution in [0, 0.1) is 6.92 Å². The number of carboxylic acids is 1. The maximum absolute atomic E-state index is 12.3. The van der Waals surface area contributed by atoms with Crippen molar-refractivity contribution in [2.45, 2.75) is 52.3 Å². The Kier molecular flexibility index (Phi) is 5.03. The Bertz CT molecular complexity index is 847.